The van der Waals surface area contributed by atoms with Gasteiger partial charge in [-0.3, -0.25) is 9.59 Å². The maximum Gasteiger partial charge on any atom is 0.302 e. The summed E-state index contributed by atoms with van der Waals surface area (Å²) in [6.07, 6.45) is 4.75. The minimum absolute atomic E-state index is 0.0212. The third-order valence-corrected chi connectivity index (χ3v) is 10.2. The summed E-state index contributed by atoms with van der Waals surface area (Å²) >= 11 is 0. The van der Waals surface area contributed by atoms with E-state index in [1.807, 2.05) is 0 Å². The number of hydrogen-bond acceptors (Lipinski definition) is 4. The number of carbonyl (C=O) groups excluding carboxylic acids is 2. The smallest absolute Gasteiger partial charge is 0.302 e. The largest absolute Gasteiger partial charge is 0.500 e. The minimum Gasteiger partial charge on any atom is -0.500 e. The highest BCUT2D eigenvalue weighted by Crippen LogP contribution is 2.81. The zero-order valence-corrected chi connectivity index (χ0v) is 15.2. The standard InChI is InChI=1S/C17H26O4Si/c1-11(18)21-10-16-7-6-12-8-13(14(19)9-15(16)20-2)17(12,16)22(3,4)5/h9,12-13H,6-8,10H2,1-5H3/t12-,13-,16-,17+/m0/s1. The molecule has 0 aromatic heterocycles. The predicted octanol–water partition coefficient (Wildman–Crippen LogP) is 3.16. The predicted molar refractivity (Wildman–Crippen MR) is 86.0 cm³/mol. The Morgan fingerprint density at radius 1 is 1.41 bits per heavy atom. The van der Waals surface area contributed by atoms with Gasteiger partial charge in [-0.2, -0.15) is 0 Å². The Kier molecular flexibility index (Phi) is 3.37. The number of esters is 1. The number of ketones is 1. The highest BCUT2D eigenvalue weighted by molar-refractivity contribution is 6.80. The zero-order valence-electron chi connectivity index (χ0n) is 14.2. The molecule has 0 unspecified atom stereocenters. The molecule has 3 rings (SSSR count). The van der Waals surface area contributed by atoms with Crippen LogP contribution in [0.2, 0.25) is 24.7 Å². The molecule has 2 fully saturated rings. The lowest BCUT2D eigenvalue weighted by Gasteiger charge is -2.66. The van der Waals surface area contributed by atoms with Crippen LogP contribution in [0.25, 0.3) is 0 Å². The van der Waals surface area contributed by atoms with Crippen LogP contribution in [0.3, 0.4) is 0 Å². The number of ether oxygens (including phenoxy) is 2. The fourth-order valence-corrected chi connectivity index (χ4v) is 10.7. The Bertz CT molecular complexity index is 561. The van der Waals surface area contributed by atoms with Crippen molar-refractivity contribution in [2.24, 2.45) is 17.3 Å². The first-order valence-corrected chi connectivity index (χ1v) is 11.6. The van der Waals surface area contributed by atoms with Crippen LogP contribution in [0.4, 0.5) is 0 Å². The third-order valence-electron chi connectivity index (χ3n) is 6.50. The molecule has 0 heterocycles. The molecule has 0 amide bonds. The number of hydrogen-bond donors (Lipinski definition) is 0. The van der Waals surface area contributed by atoms with Gasteiger partial charge >= 0.3 is 5.97 Å². The molecule has 3 aliphatic carbocycles. The fraction of sp³-hybridized carbons (Fsp3) is 0.765. The van der Waals surface area contributed by atoms with E-state index in [0.717, 1.165) is 25.0 Å². The molecule has 0 saturated heterocycles. The molecular weight excluding hydrogens is 296 g/mol. The topological polar surface area (TPSA) is 52.6 Å². The lowest BCUT2D eigenvalue weighted by atomic mass is 9.53. The highest BCUT2D eigenvalue weighted by atomic mass is 28.3. The molecule has 0 N–H and O–H groups in total. The highest BCUT2D eigenvalue weighted by Gasteiger charge is 2.78. The summed E-state index contributed by atoms with van der Waals surface area (Å²) in [5.41, 5.74) is -0.292. The van der Waals surface area contributed by atoms with Gasteiger partial charge in [0.1, 0.15) is 12.4 Å². The van der Waals surface area contributed by atoms with E-state index in [0.29, 0.717) is 12.5 Å². The number of allylic oxidation sites excluding steroid dienone is 1. The quantitative estimate of drug-likeness (QED) is 0.589. The van der Waals surface area contributed by atoms with E-state index in [-0.39, 0.29) is 28.1 Å². The van der Waals surface area contributed by atoms with E-state index in [2.05, 4.69) is 19.6 Å². The van der Waals surface area contributed by atoms with Crippen LogP contribution in [0, 0.1) is 17.3 Å². The van der Waals surface area contributed by atoms with Crippen LogP contribution in [-0.4, -0.2) is 33.5 Å². The average Bonchev–Trinajstić information content (AvgIpc) is 2.66. The second-order valence-electron chi connectivity index (χ2n) is 8.12. The van der Waals surface area contributed by atoms with Crippen molar-refractivity contribution in [2.45, 2.75) is 50.9 Å². The van der Waals surface area contributed by atoms with Crippen LogP contribution in [-0.2, 0) is 19.1 Å². The fourth-order valence-electron chi connectivity index (χ4n) is 6.11. The van der Waals surface area contributed by atoms with Crippen LogP contribution in [0.15, 0.2) is 11.8 Å². The van der Waals surface area contributed by atoms with Gasteiger partial charge in [0, 0.05) is 18.9 Å². The van der Waals surface area contributed by atoms with Crippen molar-refractivity contribution in [3.63, 3.8) is 0 Å². The Balaban J connectivity index is 2.17. The third kappa shape index (κ3) is 1.63. The first-order chi connectivity index (χ1) is 10.2. The van der Waals surface area contributed by atoms with Gasteiger partial charge in [0.2, 0.25) is 0 Å². The lowest BCUT2D eigenvalue weighted by molar-refractivity contribution is -0.149. The normalized spacial score (nSPS) is 39.7. The van der Waals surface area contributed by atoms with Crippen LogP contribution < -0.4 is 0 Å². The molecule has 2 saturated carbocycles. The molecule has 0 radical (unpaired) electrons. The molecule has 4 atom stereocenters. The molecule has 3 aliphatic rings. The molecule has 5 heteroatoms. The van der Waals surface area contributed by atoms with E-state index >= 15 is 0 Å². The van der Waals surface area contributed by atoms with Crippen LogP contribution >= 0.6 is 0 Å². The van der Waals surface area contributed by atoms with Crippen LogP contribution in [0.1, 0.15) is 26.2 Å². The van der Waals surface area contributed by atoms with Crippen molar-refractivity contribution in [3.05, 3.63) is 11.8 Å². The van der Waals surface area contributed by atoms with Crippen molar-refractivity contribution in [3.8, 4) is 0 Å². The summed E-state index contributed by atoms with van der Waals surface area (Å²) in [6.45, 7) is 8.86. The van der Waals surface area contributed by atoms with E-state index in [4.69, 9.17) is 9.47 Å². The first kappa shape index (κ1) is 15.8. The number of methoxy groups -OCH3 is 1. The van der Waals surface area contributed by atoms with Crippen molar-refractivity contribution in [2.75, 3.05) is 13.7 Å². The van der Waals surface area contributed by atoms with E-state index in [1.165, 1.54) is 6.92 Å². The Labute approximate surface area is 133 Å². The van der Waals surface area contributed by atoms with Gasteiger partial charge in [-0.05, 0) is 30.2 Å². The van der Waals surface area contributed by atoms with Gasteiger partial charge in [-0.1, -0.05) is 19.6 Å². The molecular formula is C17H26O4Si. The summed E-state index contributed by atoms with van der Waals surface area (Å²) in [4.78, 5) is 24.1. The maximum atomic E-state index is 12.6. The second-order valence-corrected chi connectivity index (χ2v) is 13.4. The van der Waals surface area contributed by atoms with Crippen molar-refractivity contribution >= 4 is 19.8 Å². The summed E-state index contributed by atoms with van der Waals surface area (Å²) in [5, 5.41) is -0.0212. The lowest BCUT2D eigenvalue weighted by Crippen LogP contribution is -2.66. The van der Waals surface area contributed by atoms with E-state index in [9.17, 15) is 9.59 Å². The summed E-state index contributed by atoms with van der Waals surface area (Å²) in [7, 11) is -0.0600. The van der Waals surface area contributed by atoms with Crippen molar-refractivity contribution in [1.82, 2.24) is 0 Å². The summed E-state index contributed by atoms with van der Waals surface area (Å²) in [6, 6.07) is 0. The van der Waals surface area contributed by atoms with Gasteiger partial charge in [-0.15, -0.1) is 0 Å². The van der Waals surface area contributed by atoms with Gasteiger partial charge in [-0.25, -0.2) is 0 Å². The van der Waals surface area contributed by atoms with Gasteiger partial charge in [0.05, 0.1) is 20.6 Å². The molecule has 0 spiro atoms. The molecule has 0 aliphatic heterocycles. The van der Waals surface area contributed by atoms with E-state index in [1.54, 1.807) is 13.2 Å². The Morgan fingerprint density at radius 3 is 2.64 bits per heavy atom. The maximum absolute atomic E-state index is 12.6. The number of carbonyl (C=O) groups is 2. The molecule has 122 valence electrons. The van der Waals surface area contributed by atoms with Gasteiger partial charge in [0.15, 0.2) is 5.78 Å². The minimum atomic E-state index is -1.70. The molecule has 0 aromatic carbocycles. The number of rotatable bonds is 4. The molecule has 4 nitrogen and oxygen atoms in total. The first-order valence-electron chi connectivity index (χ1n) is 8.14. The summed E-state index contributed by atoms with van der Waals surface area (Å²) < 4.78 is 11.2. The SMILES string of the molecule is COC1=CC(=O)[C@@H]2C[C@@H]3CC[C@@]1(COC(C)=O)[C@@]32[Si](C)(C)C. The molecule has 22 heavy (non-hydrogen) atoms. The summed E-state index contributed by atoms with van der Waals surface area (Å²) in [5.74, 6) is 1.38. The van der Waals surface area contributed by atoms with Crippen molar-refractivity contribution < 1.29 is 19.1 Å². The Hall–Kier alpha value is -1.10. The molecule has 0 aromatic rings. The zero-order chi connectivity index (χ0) is 16.3. The van der Waals surface area contributed by atoms with Crippen LogP contribution in [0.5, 0.6) is 0 Å². The van der Waals surface area contributed by atoms with Gasteiger partial charge in [0.25, 0.3) is 0 Å². The van der Waals surface area contributed by atoms with Gasteiger partial charge < -0.3 is 9.47 Å². The Morgan fingerprint density at radius 2 is 2.09 bits per heavy atom. The molecule has 0 bridgehead atoms. The second kappa shape index (κ2) is 4.70. The average molecular weight is 322 g/mol. The monoisotopic (exact) mass is 322 g/mol. The van der Waals surface area contributed by atoms with Crippen molar-refractivity contribution in [1.29, 1.82) is 0 Å². The van der Waals surface area contributed by atoms with E-state index < -0.39 is 8.07 Å².